The fourth-order valence-corrected chi connectivity index (χ4v) is 9.24. The minimum atomic E-state index is 0.892. The molecule has 52 heavy (non-hydrogen) atoms. The van der Waals surface area contributed by atoms with Crippen molar-refractivity contribution in [2.75, 3.05) is 4.90 Å². The molecule has 11 aromatic rings. The summed E-state index contributed by atoms with van der Waals surface area (Å²) < 4.78 is 11.2. The number of thiophene rings is 1. The molecule has 3 heterocycles. The van der Waals surface area contributed by atoms with Gasteiger partial charge in [0.2, 0.25) is 0 Å². The van der Waals surface area contributed by atoms with Gasteiger partial charge in [-0.05, 0) is 84.4 Å². The molecule has 0 amide bonds. The molecule has 0 bridgehead atoms. The third-order valence-corrected chi connectivity index (χ3v) is 11.6. The second-order valence-corrected chi connectivity index (χ2v) is 14.4. The summed E-state index contributed by atoms with van der Waals surface area (Å²) in [4.78, 5) is 2.33. The van der Waals surface area contributed by atoms with Gasteiger partial charge in [0.1, 0.15) is 11.2 Å². The zero-order valence-electron chi connectivity index (χ0n) is 28.0. The van der Waals surface area contributed by atoms with Crippen LogP contribution in [0.1, 0.15) is 0 Å². The number of para-hydroxylation sites is 4. The monoisotopic (exact) mass is 682 g/mol. The minimum Gasteiger partial charge on any atom is -0.456 e. The van der Waals surface area contributed by atoms with Gasteiger partial charge in [-0.2, -0.15) is 0 Å². The van der Waals surface area contributed by atoms with E-state index >= 15 is 0 Å². The molecular weight excluding hydrogens is 653 g/mol. The molecule has 3 nitrogen and oxygen atoms in total. The van der Waals surface area contributed by atoms with Crippen molar-refractivity contribution in [3.63, 3.8) is 0 Å². The summed E-state index contributed by atoms with van der Waals surface area (Å²) in [5.41, 5.74) is 11.1. The van der Waals surface area contributed by atoms with Gasteiger partial charge in [0.15, 0.2) is 0 Å². The summed E-state index contributed by atoms with van der Waals surface area (Å²) in [7, 11) is 0. The summed E-state index contributed by atoms with van der Waals surface area (Å²) in [6.45, 7) is 0. The molecule has 0 saturated carbocycles. The Hall–Kier alpha value is -6.62. The van der Waals surface area contributed by atoms with Crippen molar-refractivity contribution in [1.29, 1.82) is 0 Å². The molecular formula is C48H30N2OS. The topological polar surface area (TPSA) is 21.3 Å². The molecule has 8 aromatic carbocycles. The lowest BCUT2D eigenvalue weighted by atomic mass is 10.0. The zero-order valence-corrected chi connectivity index (χ0v) is 28.8. The molecule has 0 fully saturated rings. The average Bonchev–Trinajstić information content (AvgIpc) is 3.88. The second kappa shape index (κ2) is 11.5. The summed E-state index contributed by atoms with van der Waals surface area (Å²) in [6.07, 6.45) is 0. The number of furan rings is 1. The van der Waals surface area contributed by atoms with Gasteiger partial charge in [0.05, 0.1) is 11.0 Å². The van der Waals surface area contributed by atoms with Crippen LogP contribution >= 0.6 is 11.3 Å². The lowest BCUT2D eigenvalue weighted by Crippen LogP contribution is -2.09. The molecule has 0 radical (unpaired) electrons. The number of fused-ring (bicyclic) bond motifs is 9. The first kappa shape index (κ1) is 29.1. The number of hydrogen-bond donors (Lipinski definition) is 0. The molecule has 4 heteroatoms. The first-order valence-electron chi connectivity index (χ1n) is 17.6. The van der Waals surface area contributed by atoms with Crippen LogP contribution in [0.15, 0.2) is 186 Å². The number of rotatable bonds is 5. The van der Waals surface area contributed by atoms with E-state index < -0.39 is 0 Å². The van der Waals surface area contributed by atoms with Gasteiger partial charge in [-0.25, -0.2) is 0 Å². The van der Waals surface area contributed by atoms with Crippen LogP contribution in [0.5, 0.6) is 0 Å². The summed E-state index contributed by atoms with van der Waals surface area (Å²) in [5, 5.41) is 7.34. The Balaban J connectivity index is 1.10. The largest absolute Gasteiger partial charge is 0.456 e. The second-order valence-electron chi connectivity index (χ2n) is 13.3. The molecule has 0 aliphatic carbocycles. The molecule has 0 N–H and O–H groups in total. The van der Waals surface area contributed by atoms with Crippen molar-refractivity contribution in [2.24, 2.45) is 0 Å². The van der Waals surface area contributed by atoms with Crippen molar-refractivity contribution in [3.05, 3.63) is 182 Å². The first-order valence-corrected chi connectivity index (χ1v) is 18.4. The lowest BCUT2D eigenvalue weighted by Gasteiger charge is -2.25. The highest BCUT2D eigenvalue weighted by Gasteiger charge is 2.19. The third-order valence-electron chi connectivity index (χ3n) is 10.4. The van der Waals surface area contributed by atoms with Gasteiger partial charge in [0.25, 0.3) is 0 Å². The van der Waals surface area contributed by atoms with Crippen LogP contribution in [0.3, 0.4) is 0 Å². The van der Waals surface area contributed by atoms with Gasteiger partial charge >= 0.3 is 0 Å². The Morgan fingerprint density at radius 3 is 1.79 bits per heavy atom. The van der Waals surface area contributed by atoms with Gasteiger partial charge in [0, 0.05) is 70.0 Å². The minimum absolute atomic E-state index is 0.892. The van der Waals surface area contributed by atoms with E-state index in [-0.39, 0.29) is 0 Å². The lowest BCUT2D eigenvalue weighted by molar-refractivity contribution is 0.669. The maximum atomic E-state index is 6.18. The van der Waals surface area contributed by atoms with Crippen LogP contribution in [0.2, 0.25) is 0 Å². The van der Waals surface area contributed by atoms with E-state index in [0.29, 0.717) is 0 Å². The number of benzene rings is 8. The Morgan fingerprint density at radius 2 is 1.02 bits per heavy atom. The van der Waals surface area contributed by atoms with E-state index in [4.69, 9.17) is 4.42 Å². The van der Waals surface area contributed by atoms with Crippen molar-refractivity contribution >= 4 is 92.3 Å². The quantitative estimate of drug-likeness (QED) is 0.180. The SMILES string of the molecule is c1ccc(N(c2ccc(-c3cc(-n4c5ccccc5c5ccccc54)cc4c3sc3ccccc34)cc2)c2ccc3oc4ccccc4c3c2)cc1. The van der Waals surface area contributed by atoms with E-state index in [1.54, 1.807) is 0 Å². The van der Waals surface area contributed by atoms with Crippen LogP contribution in [0, 0.1) is 0 Å². The smallest absolute Gasteiger partial charge is 0.135 e. The van der Waals surface area contributed by atoms with E-state index in [1.165, 1.54) is 58.8 Å². The van der Waals surface area contributed by atoms with E-state index in [9.17, 15) is 0 Å². The van der Waals surface area contributed by atoms with Gasteiger partial charge in [-0.15, -0.1) is 11.3 Å². The highest BCUT2D eigenvalue weighted by Crippen LogP contribution is 2.44. The standard InChI is InChI=1S/C48H30N2OS/c1-2-12-32(13-3-1)49(34-26-27-46-41(28-34)38-16-6-10-20-45(38)51-46)33-24-22-31(23-25-33)40-29-35(30-42-39-17-7-11-21-47(39)52-48(40)42)50-43-18-8-4-14-36(43)37-15-5-9-19-44(37)50/h1-30H. The maximum Gasteiger partial charge on any atom is 0.135 e. The van der Waals surface area contributed by atoms with Gasteiger partial charge in [-0.3, -0.25) is 0 Å². The Morgan fingerprint density at radius 1 is 0.423 bits per heavy atom. The molecule has 11 rings (SSSR count). The van der Waals surface area contributed by atoms with Crippen LogP contribution in [0.4, 0.5) is 17.1 Å². The highest BCUT2D eigenvalue weighted by atomic mass is 32.1. The summed E-state index contributed by atoms with van der Waals surface area (Å²) in [5.74, 6) is 0. The van der Waals surface area contributed by atoms with Crippen LogP contribution < -0.4 is 4.90 Å². The fraction of sp³-hybridized carbons (Fsp3) is 0. The summed E-state index contributed by atoms with van der Waals surface area (Å²) in [6, 6.07) is 65.5. The third kappa shape index (κ3) is 4.45. The van der Waals surface area contributed by atoms with Crippen LogP contribution in [0.25, 0.3) is 80.7 Å². The molecule has 0 aliphatic rings. The van der Waals surface area contributed by atoms with Crippen molar-refractivity contribution < 1.29 is 4.42 Å². The molecule has 0 atom stereocenters. The predicted octanol–water partition coefficient (Wildman–Crippen LogP) is 14.2. The Bertz CT molecular complexity index is 3080. The maximum absolute atomic E-state index is 6.18. The van der Waals surface area contributed by atoms with E-state index in [2.05, 4.69) is 179 Å². The molecule has 244 valence electrons. The predicted molar refractivity (Wildman–Crippen MR) is 221 cm³/mol. The number of aromatic nitrogens is 1. The molecule has 0 aliphatic heterocycles. The Labute approximate surface area is 303 Å². The molecule has 0 unspecified atom stereocenters. The van der Waals surface area contributed by atoms with Gasteiger partial charge in [-0.1, -0.05) is 103 Å². The molecule has 0 spiro atoms. The average molecular weight is 683 g/mol. The van der Waals surface area contributed by atoms with E-state index in [0.717, 1.165) is 39.0 Å². The molecule has 0 saturated heterocycles. The fourth-order valence-electron chi connectivity index (χ4n) is 8.02. The van der Waals surface area contributed by atoms with Gasteiger partial charge < -0.3 is 13.9 Å². The Kier molecular flexibility index (Phi) is 6.42. The zero-order chi connectivity index (χ0) is 34.2. The van der Waals surface area contributed by atoms with Crippen molar-refractivity contribution in [1.82, 2.24) is 4.57 Å². The molecule has 3 aromatic heterocycles. The number of hydrogen-bond acceptors (Lipinski definition) is 3. The first-order chi connectivity index (χ1) is 25.8. The van der Waals surface area contributed by atoms with Crippen molar-refractivity contribution in [2.45, 2.75) is 0 Å². The number of nitrogens with zero attached hydrogens (tertiary/aromatic N) is 2. The van der Waals surface area contributed by atoms with Crippen LogP contribution in [-0.2, 0) is 0 Å². The summed E-state index contributed by atoms with van der Waals surface area (Å²) >= 11 is 1.87. The van der Waals surface area contributed by atoms with Crippen molar-refractivity contribution in [3.8, 4) is 16.8 Å². The van der Waals surface area contributed by atoms with E-state index in [1.807, 2.05) is 23.5 Å². The normalized spacial score (nSPS) is 11.8. The number of anilines is 3. The van der Waals surface area contributed by atoms with Crippen LogP contribution in [-0.4, -0.2) is 4.57 Å². The highest BCUT2D eigenvalue weighted by molar-refractivity contribution is 7.26.